The molecule has 0 amide bonds. The summed E-state index contributed by atoms with van der Waals surface area (Å²) in [5, 5.41) is 4.50. The van der Waals surface area contributed by atoms with Crippen molar-refractivity contribution in [3.63, 3.8) is 0 Å². The number of halogens is 1. The third-order valence-electron chi connectivity index (χ3n) is 4.63. The van der Waals surface area contributed by atoms with Gasteiger partial charge in [0.2, 0.25) is 0 Å². The minimum Gasteiger partial charge on any atom is -0.465 e. The van der Waals surface area contributed by atoms with E-state index in [9.17, 15) is 4.79 Å². The second-order valence-electron chi connectivity index (χ2n) is 6.59. The molecule has 1 aromatic heterocycles. The third-order valence-corrected chi connectivity index (χ3v) is 4.63. The number of hydrogen-bond donors (Lipinski definition) is 1. The van der Waals surface area contributed by atoms with Gasteiger partial charge in [0.1, 0.15) is 6.54 Å². The van der Waals surface area contributed by atoms with Crippen LogP contribution in [0.15, 0.2) is 0 Å². The van der Waals surface area contributed by atoms with Crippen molar-refractivity contribution in [1.82, 2.24) is 14.7 Å². The van der Waals surface area contributed by atoms with Gasteiger partial charge in [-0.1, -0.05) is 6.92 Å². The van der Waals surface area contributed by atoms with E-state index < -0.39 is 0 Å². The summed E-state index contributed by atoms with van der Waals surface area (Å²) in [5.74, 6) is -0.239. The lowest BCUT2D eigenvalue weighted by Gasteiger charge is -2.22. The van der Waals surface area contributed by atoms with Gasteiger partial charge in [-0.15, -0.1) is 12.4 Å². The molecule has 2 heterocycles. The molecule has 132 valence electrons. The molecule has 1 fully saturated rings. The number of aryl methyl sites for hydroxylation is 1. The molecule has 0 bridgehead atoms. The van der Waals surface area contributed by atoms with Gasteiger partial charge in [-0.2, -0.15) is 5.10 Å². The van der Waals surface area contributed by atoms with Crippen LogP contribution in [0.1, 0.15) is 37.2 Å². The van der Waals surface area contributed by atoms with Gasteiger partial charge in [0.05, 0.1) is 12.3 Å². The maximum atomic E-state index is 11.6. The van der Waals surface area contributed by atoms with Crippen molar-refractivity contribution in [2.24, 2.45) is 11.1 Å². The molecule has 0 spiro atoms. The topological polar surface area (TPSA) is 73.4 Å². The van der Waals surface area contributed by atoms with E-state index in [1.54, 1.807) is 4.68 Å². The fourth-order valence-corrected chi connectivity index (χ4v) is 3.10. The molecular weight excluding hydrogens is 316 g/mol. The van der Waals surface area contributed by atoms with Crippen LogP contribution in [0, 0.1) is 19.3 Å². The summed E-state index contributed by atoms with van der Waals surface area (Å²) >= 11 is 0. The summed E-state index contributed by atoms with van der Waals surface area (Å²) in [6.07, 6.45) is 1.14. The normalized spacial score (nSPS) is 21.3. The van der Waals surface area contributed by atoms with Crippen molar-refractivity contribution in [2.45, 2.75) is 47.2 Å². The molecule has 2 N–H and O–H groups in total. The van der Waals surface area contributed by atoms with E-state index >= 15 is 0 Å². The second-order valence-corrected chi connectivity index (χ2v) is 6.59. The highest BCUT2D eigenvalue weighted by molar-refractivity contribution is 5.85. The molecule has 1 unspecified atom stereocenters. The Kier molecular flexibility index (Phi) is 7.04. The molecule has 23 heavy (non-hydrogen) atoms. The summed E-state index contributed by atoms with van der Waals surface area (Å²) in [6.45, 7) is 12.3. The first-order valence-electron chi connectivity index (χ1n) is 7.99. The van der Waals surface area contributed by atoms with E-state index in [0.29, 0.717) is 6.61 Å². The molecule has 0 radical (unpaired) electrons. The highest BCUT2D eigenvalue weighted by atomic mass is 35.5. The largest absolute Gasteiger partial charge is 0.465 e. The van der Waals surface area contributed by atoms with Crippen LogP contribution in [0.3, 0.4) is 0 Å². The Morgan fingerprint density at radius 2 is 2.13 bits per heavy atom. The number of likely N-dealkylation sites (tertiary alicyclic amines) is 1. The number of ether oxygens (including phenoxy) is 1. The number of carbonyl (C=O) groups excluding carboxylic acids is 1. The fraction of sp³-hybridized carbons (Fsp3) is 0.750. The highest BCUT2D eigenvalue weighted by Crippen LogP contribution is 2.30. The molecule has 1 aliphatic rings. The molecule has 1 saturated heterocycles. The molecule has 0 aromatic carbocycles. The van der Waals surface area contributed by atoms with E-state index in [1.165, 1.54) is 5.56 Å². The predicted molar refractivity (Wildman–Crippen MR) is 92.6 cm³/mol. The average Bonchev–Trinajstić information content (AvgIpc) is 2.96. The number of carbonyl (C=O) groups is 1. The summed E-state index contributed by atoms with van der Waals surface area (Å²) in [4.78, 5) is 14.1. The summed E-state index contributed by atoms with van der Waals surface area (Å²) < 4.78 is 6.75. The zero-order valence-electron chi connectivity index (χ0n) is 14.6. The van der Waals surface area contributed by atoms with E-state index in [1.807, 2.05) is 20.8 Å². The van der Waals surface area contributed by atoms with E-state index in [4.69, 9.17) is 10.5 Å². The van der Waals surface area contributed by atoms with Gasteiger partial charge >= 0.3 is 5.97 Å². The van der Waals surface area contributed by atoms with E-state index in [2.05, 4.69) is 16.9 Å². The molecule has 1 aliphatic heterocycles. The van der Waals surface area contributed by atoms with Crippen LogP contribution in [-0.2, 0) is 22.6 Å². The van der Waals surface area contributed by atoms with Gasteiger partial charge in [0, 0.05) is 24.3 Å². The molecule has 1 aromatic rings. The number of aromatic nitrogens is 2. The first kappa shape index (κ1) is 19.9. The predicted octanol–water partition coefficient (Wildman–Crippen LogP) is 1.66. The number of nitrogens with two attached hydrogens (primary N) is 1. The second kappa shape index (κ2) is 8.13. The maximum Gasteiger partial charge on any atom is 0.327 e. The Morgan fingerprint density at radius 1 is 1.43 bits per heavy atom. The monoisotopic (exact) mass is 344 g/mol. The minimum atomic E-state index is -0.239. The van der Waals surface area contributed by atoms with Gasteiger partial charge in [0.25, 0.3) is 0 Å². The van der Waals surface area contributed by atoms with Crippen molar-refractivity contribution in [3.8, 4) is 0 Å². The lowest BCUT2D eigenvalue weighted by molar-refractivity contribution is -0.144. The number of nitrogens with zero attached hydrogens (tertiary/aromatic N) is 3. The van der Waals surface area contributed by atoms with Crippen molar-refractivity contribution in [1.29, 1.82) is 0 Å². The Balaban J connectivity index is 0.00000264. The van der Waals surface area contributed by atoms with Crippen molar-refractivity contribution in [2.75, 3.05) is 26.2 Å². The average molecular weight is 345 g/mol. The number of rotatable bonds is 6. The SMILES string of the molecule is CCOC(=O)Cn1nc(C)c(CN2CCC(C)(CN)C2)c1C.Cl. The first-order chi connectivity index (χ1) is 10.4. The lowest BCUT2D eigenvalue weighted by atomic mass is 9.90. The van der Waals surface area contributed by atoms with Gasteiger partial charge in [0.15, 0.2) is 0 Å². The molecule has 2 rings (SSSR count). The smallest absolute Gasteiger partial charge is 0.327 e. The zero-order chi connectivity index (χ0) is 16.3. The molecule has 0 saturated carbocycles. The van der Waals surface area contributed by atoms with Crippen LogP contribution in [0.5, 0.6) is 0 Å². The fourth-order valence-electron chi connectivity index (χ4n) is 3.10. The quantitative estimate of drug-likeness (QED) is 0.794. The van der Waals surface area contributed by atoms with Gasteiger partial charge < -0.3 is 10.5 Å². The summed E-state index contributed by atoms with van der Waals surface area (Å²) in [5.41, 5.74) is 9.35. The zero-order valence-corrected chi connectivity index (χ0v) is 15.4. The van der Waals surface area contributed by atoms with E-state index in [0.717, 1.165) is 44.0 Å². The first-order valence-corrected chi connectivity index (χ1v) is 7.99. The Morgan fingerprint density at radius 3 is 2.70 bits per heavy atom. The Hall–Kier alpha value is -1.11. The Labute approximate surface area is 144 Å². The van der Waals surface area contributed by atoms with Gasteiger partial charge in [-0.3, -0.25) is 14.4 Å². The van der Waals surface area contributed by atoms with Crippen LogP contribution >= 0.6 is 12.4 Å². The Bertz CT molecular complexity index is 546. The maximum absolute atomic E-state index is 11.6. The van der Waals surface area contributed by atoms with Crippen LogP contribution in [0.2, 0.25) is 0 Å². The molecule has 1 atom stereocenters. The third kappa shape index (κ3) is 4.68. The number of esters is 1. The summed E-state index contributed by atoms with van der Waals surface area (Å²) in [6, 6.07) is 0. The van der Waals surface area contributed by atoms with E-state index in [-0.39, 0.29) is 30.3 Å². The van der Waals surface area contributed by atoms with Crippen molar-refractivity contribution < 1.29 is 9.53 Å². The molecule has 0 aliphatic carbocycles. The molecule has 7 heteroatoms. The summed E-state index contributed by atoms with van der Waals surface area (Å²) in [7, 11) is 0. The lowest BCUT2D eigenvalue weighted by Crippen LogP contribution is -2.31. The molecular formula is C16H29ClN4O2. The van der Waals surface area contributed by atoms with Gasteiger partial charge in [-0.05, 0) is 45.7 Å². The molecule has 6 nitrogen and oxygen atoms in total. The van der Waals surface area contributed by atoms with Crippen molar-refractivity contribution in [3.05, 3.63) is 17.0 Å². The van der Waals surface area contributed by atoms with Crippen LogP contribution < -0.4 is 5.73 Å². The van der Waals surface area contributed by atoms with Crippen LogP contribution in [0.25, 0.3) is 0 Å². The highest BCUT2D eigenvalue weighted by Gasteiger charge is 2.33. The number of hydrogen-bond acceptors (Lipinski definition) is 5. The van der Waals surface area contributed by atoms with Crippen LogP contribution in [0.4, 0.5) is 0 Å². The standard InChI is InChI=1S/C16H28N4O2.ClH/c1-5-22-15(21)9-20-13(3)14(12(2)18-20)8-19-7-6-16(4,10-17)11-19;/h5-11,17H2,1-4H3;1H. The van der Waals surface area contributed by atoms with Crippen molar-refractivity contribution >= 4 is 18.4 Å². The minimum absolute atomic E-state index is 0. The van der Waals surface area contributed by atoms with Crippen LogP contribution in [-0.4, -0.2) is 46.9 Å². The van der Waals surface area contributed by atoms with Gasteiger partial charge in [-0.25, -0.2) is 0 Å².